The lowest BCUT2D eigenvalue weighted by atomic mass is 9.80. The number of hydrogen-bond donors (Lipinski definition) is 2. The van der Waals surface area contributed by atoms with Crippen LogP contribution in [0.25, 0.3) is 0 Å². The molecule has 2 aliphatic rings. The Labute approximate surface area is 125 Å². The van der Waals surface area contributed by atoms with E-state index in [1.807, 2.05) is 14.0 Å². The first-order valence-electron chi connectivity index (χ1n) is 7.76. The Balaban J connectivity index is 1.75. The molecule has 3 heterocycles. The third kappa shape index (κ3) is 2.82. The summed E-state index contributed by atoms with van der Waals surface area (Å²) in [6.07, 6.45) is 5.70. The van der Waals surface area contributed by atoms with Crippen LogP contribution < -0.4 is 10.6 Å². The van der Waals surface area contributed by atoms with Gasteiger partial charge in [-0.15, -0.1) is 0 Å². The number of carbonyl (C=O) groups is 1. The zero-order chi connectivity index (χ0) is 14.9. The summed E-state index contributed by atoms with van der Waals surface area (Å²) in [6, 6.07) is 0.0976. The topological polar surface area (TPSA) is 68.2 Å². The van der Waals surface area contributed by atoms with Gasteiger partial charge in [0.1, 0.15) is 0 Å². The quantitative estimate of drug-likeness (QED) is 0.844. The number of ether oxygens (including phenoxy) is 1. The maximum atomic E-state index is 12.5. The van der Waals surface area contributed by atoms with Crippen molar-refractivity contribution in [3.63, 3.8) is 0 Å². The van der Waals surface area contributed by atoms with E-state index in [1.165, 1.54) is 0 Å². The number of nitrogens with one attached hydrogen (secondary N) is 2. The summed E-state index contributed by atoms with van der Waals surface area (Å²) < 4.78 is 7.80. The Hall–Kier alpha value is -1.40. The highest BCUT2D eigenvalue weighted by molar-refractivity contribution is 5.95. The molecule has 0 aliphatic carbocycles. The van der Waals surface area contributed by atoms with Crippen molar-refractivity contribution in [3.05, 3.63) is 17.5 Å². The van der Waals surface area contributed by atoms with E-state index >= 15 is 0 Å². The van der Waals surface area contributed by atoms with E-state index in [2.05, 4.69) is 15.7 Å². The van der Waals surface area contributed by atoms with Gasteiger partial charge in [-0.3, -0.25) is 9.48 Å². The first kappa shape index (κ1) is 14.5. The summed E-state index contributed by atoms with van der Waals surface area (Å²) in [7, 11) is 1.84. The van der Waals surface area contributed by atoms with Crippen LogP contribution in [0.4, 0.5) is 0 Å². The zero-order valence-corrected chi connectivity index (χ0v) is 12.8. The van der Waals surface area contributed by atoms with Gasteiger partial charge in [0, 0.05) is 19.9 Å². The Bertz CT molecular complexity index is 511. The van der Waals surface area contributed by atoms with Gasteiger partial charge in [0.15, 0.2) is 0 Å². The molecule has 1 atom stereocenters. The smallest absolute Gasteiger partial charge is 0.255 e. The Morgan fingerprint density at radius 2 is 2.29 bits per heavy atom. The predicted octanol–water partition coefficient (Wildman–Crippen LogP) is 0.760. The van der Waals surface area contributed by atoms with Crippen molar-refractivity contribution in [2.45, 2.75) is 44.2 Å². The maximum Gasteiger partial charge on any atom is 0.255 e. The van der Waals surface area contributed by atoms with Gasteiger partial charge in [0.05, 0.1) is 22.9 Å². The number of piperidine rings is 1. The molecule has 1 amide bonds. The van der Waals surface area contributed by atoms with Crippen LogP contribution in [0.5, 0.6) is 0 Å². The van der Waals surface area contributed by atoms with Gasteiger partial charge in [-0.25, -0.2) is 0 Å². The van der Waals surface area contributed by atoms with Crippen LogP contribution in [0.3, 0.4) is 0 Å². The molecule has 21 heavy (non-hydrogen) atoms. The molecule has 1 aromatic rings. The summed E-state index contributed by atoms with van der Waals surface area (Å²) in [5.74, 6) is -0.0333. The van der Waals surface area contributed by atoms with Crippen LogP contribution in [0, 0.1) is 6.92 Å². The molecule has 0 saturated carbocycles. The second-order valence-corrected chi connectivity index (χ2v) is 6.13. The molecule has 2 aliphatic heterocycles. The average molecular weight is 292 g/mol. The van der Waals surface area contributed by atoms with E-state index in [-0.39, 0.29) is 17.6 Å². The lowest BCUT2D eigenvalue weighted by molar-refractivity contribution is -0.114. The van der Waals surface area contributed by atoms with Gasteiger partial charge in [-0.05, 0) is 45.7 Å². The van der Waals surface area contributed by atoms with Crippen molar-refractivity contribution >= 4 is 5.91 Å². The second-order valence-electron chi connectivity index (χ2n) is 6.13. The van der Waals surface area contributed by atoms with Crippen LogP contribution in [0.1, 0.15) is 41.7 Å². The van der Waals surface area contributed by atoms with Crippen molar-refractivity contribution in [2.75, 3.05) is 19.7 Å². The number of aryl methyl sites for hydroxylation is 2. The highest BCUT2D eigenvalue weighted by Crippen LogP contribution is 2.33. The van der Waals surface area contributed by atoms with E-state index < -0.39 is 0 Å². The van der Waals surface area contributed by atoms with E-state index in [9.17, 15) is 4.79 Å². The SMILES string of the molecule is Cc1nn(C)cc1C(=O)NC1CCCOC12CCNCC2. The lowest BCUT2D eigenvalue weighted by Crippen LogP contribution is -2.60. The maximum absolute atomic E-state index is 12.5. The largest absolute Gasteiger partial charge is 0.373 e. The van der Waals surface area contributed by atoms with Gasteiger partial charge < -0.3 is 15.4 Å². The lowest BCUT2D eigenvalue weighted by Gasteiger charge is -2.46. The highest BCUT2D eigenvalue weighted by Gasteiger charge is 2.43. The van der Waals surface area contributed by atoms with Crippen LogP contribution >= 0.6 is 0 Å². The first-order chi connectivity index (χ1) is 10.1. The van der Waals surface area contributed by atoms with E-state index in [1.54, 1.807) is 10.9 Å². The molecule has 1 spiro atoms. The molecule has 116 valence electrons. The van der Waals surface area contributed by atoms with E-state index in [0.29, 0.717) is 5.56 Å². The number of amides is 1. The molecule has 0 aromatic carbocycles. The fourth-order valence-electron chi connectivity index (χ4n) is 3.53. The molecule has 2 N–H and O–H groups in total. The summed E-state index contributed by atoms with van der Waals surface area (Å²) in [6.45, 7) is 4.58. The standard InChI is InChI=1S/C15H24N4O2/c1-11-12(10-19(2)18-11)14(20)17-13-4-3-9-21-15(13)5-7-16-8-6-15/h10,13,16H,3-9H2,1-2H3,(H,17,20). The number of carbonyl (C=O) groups excluding carboxylic acids is 1. The molecule has 0 radical (unpaired) electrons. The summed E-state index contributed by atoms with van der Waals surface area (Å²) in [5.41, 5.74) is 1.24. The fraction of sp³-hybridized carbons (Fsp3) is 0.733. The van der Waals surface area contributed by atoms with Gasteiger partial charge >= 0.3 is 0 Å². The van der Waals surface area contributed by atoms with Gasteiger partial charge in [-0.2, -0.15) is 5.10 Å². The summed E-state index contributed by atoms with van der Waals surface area (Å²) in [5, 5.41) is 10.8. The molecule has 3 rings (SSSR count). The molecule has 2 fully saturated rings. The van der Waals surface area contributed by atoms with E-state index in [0.717, 1.165) is 51.1 Å². The Kier molecular flexibility index (Phi) is 3.99. The molecular weight excluding hydrogens is 268 g/mol. The number of rotatable bonds is 2. The number of hydrogen-bond acceptors (Lipinski definition) is 4. The fourth-order valence-corrected chi connectivity index (χ4v) is 3.53. The summed E-state index contributed by atoms with van der Waals surface area (Å²) in [4.78, 5) is 12.5. The van der Waals surface area contributed by atoms with Gasteiger partial charge in [-0.1, -0.05) is 0 Å². The molecule has 6 heteroatoms. The Morgan fingerprint density at radius 1 is 1.52 bits per heavy atom. The highest BCUT2D eigenvalue weighted by atomic mass is 16.5. The molecular formula is C15H24N4O2. The zero-order valence-electron chi connectivity index (χ0n) is 12.8. The molecule has 1 unspecified atom stereocenters. The molecule has 2 saturated heterocycles. The minimum Gasteiger partial charge on any atom is -0.373 e. The third-order valence-corrected chi connectivity index (χ3v) is 4.68. The van der Waals surface area contributed by atoms with E-state index in [4.69, 9.17) is 4.74 Å². The van der Waals surface area contributed by atoms with Crippen LogP contribution in [0.2, 0.25) is 0 Å². The average Bonchev–Trinajstić information content (AvgIpc) is 2.81. The number of nitrogens with zero attached hydrogens (tertiary/aromatic N) is 2. The van der Waals surface area contributed by atoms with Crippen LogP contribution in [-0.4, -0.2) is 47.0 Å². The van der Waals surface area contributed by atoms with Gasteiger partial charge in [0.2, 0.25) is 0 Å². The number of aromatic nitrogens is 2. The van der Waals surface area contributed by atoms with Crippen molar-refractivity contribution in [2.24, 2.45) is 7.05 Å². The van der Waals surface area contributed by atoms with Crippen molar-refractivity contribution in [1.82, 2.24) is 20.4 Å². The van der Waals surface area contributed by atoms with Crippen LogP contribution in [-0.2, 0) is 11.8 Å². The van der Waals surface area contributed by atoms with Crippen molar-refractivity contribution in [1.29, 1.82) is 0 Å². The van der Waals surface area contributed by atoms with Crippen molar-refractivity contribution in [3.8, 4) is 0 Å². The van der Waals surface area contributed by atoms with Crippen molar-refractivity contribution < 1.29 is 9.53 Å². The first-order valence-corrected chi connectivity index (χ1v) is 7.76. The minimum atomic E-state index is -0.185. The normalized spacial score (nSPS) is 25.0. The molecule has 0 bridgehead atoms. The Morgan fingerprint density at radius 3 is 2.95 bits per heavy atom. The monoisotopic (exact) mass is 292 g/mol. The van der Waals surface area contributed by atoms with Gasteiger partial charge in [0.25, 0.3) is 5.91 Å². The summed E-state index contributed by atoms with van der Waals surface area (Å²) >= 11 is 0. The minimum absolute atomic E-state index is 0.0333. The third-order valence-electron chi connectivity index (χ3n) is 4.68. The van der Waals surface area contributed by atoms with Crippen LogP contribution in [0.15, 0.2) is 6.20 Å². The predicted molar refractivity (Wildman–Crippen MR) is 79.2 cm³/mol. The second kappa shape index (κ2) is 5.77. The molecule has 6 nitrogen and oxygen atoms in total. The molecule has 1 aromatic heterocycles.